The molecule has 1 amide bonds. The lowest BCUT2D eigenvalue weighted by molar-refractivity contribution is 0.0685. The Balaban J connectivity index is 2.27. The van der Waals surface area contributed by atoms with Crippen molar-refractivity contribution in [3.05, 3.63) is 65.5 Å². The molecule has 2 aromatic carbocycles. The first-order valence-corrected chi connectivity index (χ1v) is 9.53. The van der Waals surface area contributed by atoms with Crippen molar-refractivity contribution in [1.82, 2.24) is 4.90 Å². The van der Waals surface area contributed by atoms with Crippen LogP contribution in [0.3, 0.4) is 0 Å². The molecule has 0 unspecified atom stereocenters. The zero-order valence-electron chi connectivity index (χ0n) is 14.3. The topological polar surface area (TPSA) is 63.7 Å². The Hall–Kier alpha value is -2.41. The molecule has 0 saturated carbocycles. The highest BCUT2D eigenvalue weighted by Crippen LogP contribution is 2.19. The second-order valence-electron chi connectivity index (χ2n) is 5.94. The number of benzene rings is 2. The van der Waals surface area contributed by atoms with E-state index in [1.54, 1.807) is 24.3 Å². The summed E-state index contributed by atoms with van der Waals surface area (Å²) < 4.78 is 41.3. The lowest BCUT2D eigenvalue weighted by Crippen LogP contribution is -2.36. The molecule has 5 nitrogen and oxygen atoms in total. The highest BCUT2D eigenvalue weighted by Gasteiger charge is 2.22. The highest BCUT2D eigenvalue weighted by atomic mass is 32.2. The Labute approximate surface area is 147 Å². The van der Waals surface area contributed by atoms with Crippen molar-refractivity contribution in [2.45, 2.75) is 26.4 Å². The van der Waals surface area contributed by atoms with Gasteiger partial charge >= 0.3 is 10.1 Å². The Morgan fingerprint density at radius 2 is 1.84 bits per heavy atom. The van der Waals surface area contributed by atoms with Gasteiger partial charge in [0.15, 0.2) is 0 Å². The predicted octanol–water partition coefficient (Wildman–Crippen LogP) is 3.21. The van der Waals surface area contributed by atoms with Crippen LogP contribution < -0.4 is 4.18 Å². The fraction of sp³-hybridized carbons (Fsp3) is 0.278. The molecule has 0 aromatic heterocycles. The van der Waals surface area contributed by atoms with Gasteiger partial charge in [-0.25, -0.2) is 4.39 Å². The van der Waals surface area contributed by atoms with Gasteiger partial charge in [-0.3, -0.25) is 4.79 Å². The second-order valence-corrected chi connectivity index (χ2v) is 7.52. The van der Waals surface area contributed by atoms with Gasteiger partial charge in [0.05, 0.1) is 11.8 Å². The van der Waals surface area contributed by atoms with E-state index in [2.05, 4.69) is 0 Å². The van der Waals surface area contributed by atoms with Gasteiger partial charge in [0.2, 0.25) is 0 Å². The largest absolute Gasteiger partial charge is 0.383 e. The van der Waals surface area contributed by atoms with Crippen LogP contribution in [0.15, 0.2) is 48.5 Å². The quantitative estimate of drug-likeness (QED) is 0.738. The van der Waals surface area contributed by atoms with Crippen LogP contribution in [0.1, 0.15) is 29.8 Å². The number of carbonyl (C=O) groups is 1. The Bertz CT molecular complexity index is 865. The predicted molar refractivity (Wildman–Crippen MR) is 93.3 cm³/mol. The maximum Gasteiger partial charge on any atom is 0.306 e. The fourth-order valence-electron chi connectivity index (χ4n) is 2.35. The molecule has 25 heavy (non-hydrogen) atoms. The van der Waals surface area contributed by atoms with Crippen molar-refractivity contribution in [3.63, 3.8) is 0 Å². The molecule has 7 heteroatoms. The van der Waals surface area contributed by atoms with Crippen LogP contribution in [0.25, 0.3) is 0 Å². The molecule has 0 aliphatic carbocycles. The SMILES string of the molecule is CC(C)N(Cc1cccc(OS(C)(=O)=O)c1)C(=O)c1ccccc1F. The van der Waals surface area contributed by atoms with E-state index in [0.29, 0.717) is 5.56 Å². The molecule has 0 aliphatic rings. The van der Waals surface area contributed by atoms with Gasteiger partial charge in [-0.05, 0) is 43.7 Å². The van der Waals surface area contributed by atoms with Crippen molar-refractivity contribution in [1.29, 1.82) is 0 Å². The summed E-state index contributed by atoms with van der Waals surface area (Å²) in [5.74, 6) is -0.836. The first-order chi connectivity index (χ1) is 11.7. The van der Waals surface area contributed by atoms with E-state index in [-0.39, 0.29) is 23.9 Å². The third-order valence-electron chi connectivity index (χ3n) is 3.49. The molecule has 0 spiro atoms. The Morgan fingerprint density at radius 3 is 2.44 bits per heavy atom. The zero-order chi connectivity index (χ0) is 18.6. The van der Waals surface area contributed by atoms with E-state index in [9.17, 15) is 17.6 Å². The normalized spacial score (nSPS) is 11.4. The number of hydrogen-bond donors (Lipinski definition) is 0. The summed E-state index contributed by atoms with van der Waals surface area (Å²) in [5.41, 5.74) is 0.680. The van der Waals surface area contributed by atoms with Gasteiger partial charge < -0.3 is 9.08 Å². The van der Waals surface area contributed by atoms with Gasteiger partial charge in [-0.15, -0.1) is 0 Å². The number of rotatable bonds is 6. The Kier molecular flexibility index (Phi) is 5.79. The number of hydrogen-bond acceptors (Lipinski definition) is 4. The minimum absolute atomic E-state index is 0.000240. The summed E-state index contributed by atoms with van der Waals surface area (Å²) in [6.45, 7) is 3.86. The van der Waals surface area contributed by atoms with Gasteiger partial charge in [0.25, 0.3) is 5.91 Å². The van der Waals surface area contributed by atoms with Crippen LogP contribution in [-0.4, -0.2) is 31.5 Å². The first kappa shape index (κ1) is 18.9. The summed E-state index contributed by atoms with van der Waals surface area (Å²) >= 11 is 0. The van der Waals surface area contributed by atoms with E-state index in [1.807, 2.05) is 13.8 Å². The van der Waals surface area contributed by atoms with Crippen LogP contribution in [0.5, 0.6) is 5.75 Å². The number of nitrogens with zero attached hydrogens (tertiary/aromatic N) is 1. The van der Waals surface area contributed by atoms with Crippen LogP contribution in [0, 0.1) is 5.82 Å². The molecule has 0 radical (unpaired) electrons. The lowest BCUT2D eigenvalue weighted by atomic mass is 10.1. The van der Waals surface area contributed by atoms with Crippen molar-refractivity contribution < 1.29 is 21.8 Å². The Morgan fingerprint density at radius 1 is 1.16 bits per heavy atom. The van der Waals surface area contributed by atoms with E-state index in [1.165, 1.54) is 29.2 Å². The van der Waals surface area contributed by atoms with Gasteiger partial charge in [-0.2, -0.15) is 8.42 Å². The van der Waals surface area contributed by atoms with Crippen molar-refractivity contribution in [2.75, 3.05) is 6.26 Å². The van der Waals surface area contributed by atoms with E-state index >= 15 is 0 Å². The third kappa shape index (κ3) is 5.29. The van der Waals surface area contributed by atoms with Crippen LogP contribution in [-0.2, 0) is 16.7 Å². The molecular formula is C18H20FNO4S. The van der Waals surface area contributed by atoms with Gasteiger partial charge in [-0.1, -0.05) is 24.3 Å². The smallest absolute Gasteiger partial charge is 0.306 e. The molecule has 2 aromatic rings. The summed E-state index contributed by atoms with van der Waals surface area (Å²) in [5, 5.41) is 0. The van der Waals surface area contributed by atoms with Crippen molar-refractivity contribution in [2.24, 2.45) is 0 Å². The lowest BCUT2D eigenvalue weighted by Gasteiger charge is -2.27. The molecule has 2 rings (SSSR count). The average molecular weight is 365 g/mol. The molecular weight excluding hydrogens is 345 g/mol. The molecule has 0 atom stereocenters. The van der Waals surface area contributed by atoms with Crippen molar-refractivity contribution >= 4 is 16.0 Å². The van der Waals surface area contributed by atoms with E-state index < -0.39 is 21.8 Å². The molecule has 0 aliphatic heterocycles. The number of carbonyl (C=O) groups excluding carboxylic acids is 1. The number of amides is 1. The highest BCUT2D eigenvalue weighted by molar-refractivity contribution is 7.86. The molecule has 134 valence electrons. The molecule has 0 bridgehead atoms. The monoisotopic (exact) mass is 365 g/mol. The molecule has 0 heterocycles. The second kappa shape index (κ2) is 7.65. The van der Waals surface area contributed by atoms with Crippen LogP contribution in [0.4, 0.5) is 4.39 Å². The summed E-state index contributed by atoms with van der Waals surface area (Å²) in [4.78, 5) is 14.2. The summed E-state index contributed by atoms with van der Waals surface area (Å²) in [6, 6.07) is 12.1. The van der Waals surface area contributed by atoms with Gasteiger partial charge in [0, 0.05) is 12.6 Å². The summed E-state index contributed by atoms with van der Waals surface area (Å²) in [7, 11) is -3.63. The maximum absolute atomic E-state index is 13.9. The summed E-state index contributed by atoms with van der Waals surface area (Å²) in [6.07, 6.45) is 0.960. The van der Waals surface area contributed by atoms with E-state index in [4.69, 9.17) is 4.18 Å². The van der Waals surface area contributed by atoms with Crippen LogP contribution in [0.2, 0.25) is 0 Å². The van der Waals surface area contributed by atoms with E-state index in [0.717, 1.165) is 6.26 Å². The van der Waals surface area contributed by atoms with Crippen molar-refractivity contribution in [3.8, 4) is 5.75 Å². The molecule has 0 N–H and O–H groups in total. The zero-order valence-corrected chi connectivity index (χ0v) is 15.1. The fourth-order valence-corrected chi connectivity index (χ4v) is 2.80. The molecule has 0 fully saturated rings. The maximum atomic E-state index is 13.9. The van der Waals surface area contributed by atoms with Gasteiger partial charge in [0.1, 0.15) is 11.6 Å². The standard InChI is InChI=1S/C18H20FNO4S/c1-13(2)20(18(21)16-9-4-5-10-17(16)19)12-14-7-6-8-15(11-14)24-25(3,22)23/h4-11,13H,12H2,1-3H3. The number of halogens is 1. The van der Waals surface area contributed by atoms with Crippen LogP contribution >= 0.6 is 0 Å². The average Bonchev–Trinajstić information content (AvgIpc) is 2.51. The minimum atomic E-state index is -3.63. The first-order valence-electron chi connectivity index (χ1n) is 7.71. The minimum Gasteiger partial charge on any atom is -0.383 e. The molecule has 0 saturated heterocycles. The third-order valence-corrected chi connectivity index (χ3v) is 3.98.